The Labute approximate surface area is 207 Å². The van der Waals surface area contributed by atoms with Crippen LogP contribution in [0.4, 0.5) is 0 Å². The van der Waals surface area contributed by atoms with Crippen molar-refractivity contribution in [3.8, 4) is 11.3 Å². The molecule has 3 rings (SSSR count). The van der Waals surface area contributed by atoms with Crippen molar-refractivity contribution >= 4 is 22.9 Å². The number of carbonyl (C=O) groups excluding carboxylic acids is 2. The van der Waals surface area contributed by atoms with Gasteiger partial charge >= 0.3 is 5.97 Å². The molecule has 0 fully saturated rings. The Morgan fingerprint density at radius 2 is 1.80 bits per heavy atom. The average molecular weight is 480 g/mol. The van der Waals surface area contributed by atoms with Crippen LogP contribution in [0, 0.1) is 6.92 Å². The zero-order valence-corrected chi connectivity index (χ0v) is 22.1. The highest BCUT2D eigenvalue weighted by Gasteiger charge is 2.26. The molecule has 2 aromatic heterocycles. The van der Waals surface area contributed by atoms with Gasteiger partial charge in [-0.25, -0.2) is 9.67 Å². The van der Waals surface area contributed by atoms with E-state index in [4.69, 9.17) is 9.72 Å². The number of hydrogen-bond acceptors (Lipinski definition) is 6. The number of benzene rings is 1. The SMILES string of the molecule is Cc1ccccc1-c1cc(C(=O)N(CCN(C)C)CC(=O)OC(C)(C)C)c2cnn(C(C)C)c2n1. The molecule has 0 saturated carbocycles. The van der Waals surface area contributed by atoms with Gasteiger partial charge < -0.3 is 14.5 Å². The Morgan fingerprint density at radius 1 is 1.11 bits per heavy atom. The lowest BCUT2D eigenvalue weighted by Gasteiger charge is -2.26. The van der Waals surface area contributed by atoms with E-state index in [-0.39, 0.29) is 18.5 Å². The van der Waals surface area contributed by atoms with Crippen LogP contribution in [-0.4, -0.2) is 75.8 Å². The van der Waals surface area contributed by atoms with Gasteiger partial charge in [0.15, 0.2) is 5.65 Å². The number of likely N-dealkylation sites (N-methyl/N-ethyl adjacent to an activating group) is 1. The summed E-state index contributed by atoms with van der Waals surface area (Å²) in [5.74, 6) is -0.685. The Kier molecular flexibility index (Phi) is 7.95. The summed E-state index contributed by atoms with van der Waals surface area (Å²) in [6, 6.07) is 9.85. The third-order valence-corrected chi connectivity index (χ3v) is 5.55. The van der Waals surface area contributed by atoms with Crippen LogP contribution in [-0.2, 0) is 9.53 Å². The average Bonchev–Trinajstić information content (AvgIpc) is 3.18. The smallest absolute Gasteiger partial charge is 0.326 e. The molecule has 188 valence electrons. The van der Waals surface area contributed by atoms with Crippen molar-refractivity contribution in [1.82, 2.24) is 24.6 Å². The number of nitrogens with zero attached hydrogens (tertiary/aromatic N) is 5. The first-order chi connectivity index (χ1) is 16.4. The predicted molar refractivity (Wildman–Crippen MR) is 138 cm³/mol. The number of hydrogen-bond donors (Lipinski definition) is 0. The van der Waals surface area contributed by atoms with Gasteiger partial charge in [-0.05, 0) is 67.3 Å². The molecule has 8 nitrogen and oxygen atoms in total. The maximum Gasteiger partial charge on any atom is 0.326 e. The minimum absolute atomic E-state index is 0.0710. The van der Waals surface area contributed by atoms with Crippen molar-refractivity contribution in [2.75, 3.05) is 33.7 Å². The quantitative estimate of drug-likeness (QED) is 0.447. The molecule has 8 heteroatoms. The van der Waals surface area contributed by atoms with Crippen molar-refractivity contribution in [2.24, 2.45) is 0 Å². The lowest BCUT2D eigenvalue weighted by Crippen LogP contribution is -2.42. The fourth-order valence-corrected chi connectivity index (χ4v) is 3.84. The molecular formula is C27H37N5O3. The summed E-state index contributed by atoms with van der Waals surface area (Å²) in [7, 11) is 3.87. The molecular weight excluding hydrogens is 442 g/mol. The van der Waals surface area contributed by atoms with Gasteiger partial charge in [0.05, 0.1) is 22.8 Å². The van der Waals surface area contributed by atoms with E-state index in [0.29, 0.717) is 35.4 Å². The maximum absolute atomic E-state index is 14.0. The van der Waals surface area contributed by atoms with Crippen LogP contribution >= 0.6 is 0 Å². The van der Waals surface area contributed by atoms with Crippen LogP contribution < -0.4 is 0 Å². The number of rotatable bonds is 8. The van der Waals surface area contributed by atoms with Gasteiger partial charge in [0.1, 0.15) is 12.1 Å². The number of fused-ring (bicyclic) bond motifs is 1. The summed E-state index contributed by atoms with van der Waals surface area (Å²) < 4.78 is 7.34. The van der Waals surface area contributed by atoms with E-state index in [1.807, 2.05) is 95.6 Å². The molecule has 0 aliphatic carbocycles. The van der Waals surface area contributed by atoms with E-state index in [1.54, 1.807) is 11.1 Å². The summed E-state index contributed by atoms with van der Waals surface area (Å²) in [4.78, 5) is 35.1. The van der Waals surface area contributed by atoms with Crippen molar-refractivity contribution in [1.29, 1.82) is 0 Å². The lowest BCUT2D eigenvalue weighted by atomic mass is 10.0. The zero-order chi connectivity index (χ0) is 25.9. The fraction of sp³-hybridized carbons (Fsp3) is 0.481. The third-order valence-electron chi connectivity index (χ3n) is 5.55. The second-order valence-corrected chi connectivity index (χ2v) is 10.4. The number of ether oxygens (including phenoxy) is 1. The number of amides is 1. The largest absolute Gasteiger partial charge is 0.459 e. The fourth-order valence-electron chi connectivity index (χ4n) is 3.84. The molecule has 2 heterocycles. The van der Waals surface area contributed by atoms with Crippen molar-refractivity contribution in [3.05, 3.63) is 47.7 Å². The van der Waals surface area contributed by atoms with Crippen LogP contribution in [0.3, 0.4) is 0 Å². The molecule has 0 radical (unpaired) electrons. The first kappa shape index (κ1) is 26.3. The first-order valence-electron chi connectivity index (χ1n) is 12.0. The highest BCUT2D eigenvalue weighted by molar-refractivity contribution is 6.07. The van der Waals surface area contributed by atoms with Gasteiger partial charge in [-0.3, -0.25) is 9.59 Å². The van der Waals surface area contributed by atoms with Crippen LogP contribution in [0.5, 0.6) is 0 Å². The number of aryl methyl sites for hydroxylation is 1. The summed E-state index contributed by atoms with van der Waals surface area (Å²) in [5, 5.41) is 5.19. The molecule has 3 aromatic rings. The lowest BCUT2D eigenvalue weighted by molar-refractivity contribution is -0.155. The van der Waals surface area contributed by atoms with Gasteiger partial charge in [-0.1, -0.05) is 24.3 Å². The monoisotopic (exact) mass is 479 g/mol. The zero-order valence-electron chi connectivity index (χ0n) is 22.1. The molecule has 0 N–H and O–H groups in total. The molecule has 0 saturated heterocycles. The summed E-state index contributed by atoms with van der Waals surface area (Å²) >= 11 is 0. The van der Waals surface area contributed by atoms with Crippen LogP contribution in [0.2, 0.25) is 0 Å². The molecule has 0 bridgehead atoms. The normalized spacial score (nSPS) is 11.9. The van der Waals surface area contributed by atoms with Crippen LogP contribution in [0.15, 0.2) is 36.5 Å². The van der Waals surface area contributed by atoms with Crippen LogP contribution in [0.1, 0.15) is 56.6 Å². The second kappa shape index (κ2) is 10.6. The Hall–Kier alpha value is -3.26. The van der Waals surface area contributed by atoms with E-state index in [0.717, 1.165) is 11.1 Å². The molecule has 0 spiro atoms. The number of aromatic nitrogens is 3. The van der Waals surface area contributed by atoms with Gasteiger partial charge in [0, 0.05) is 24.7 Å². The van der Waals surface area contributed by atoms with Crippen molar-refractivity contribution in [3.63, 3.8) is 0 Å². The van der Waals surface area contributed by atoms with Gasteiger partial charge in [-0.15, -0.1) is 0 Å². The van der Waals surface area contributed by atoms with E-state index < -0.39 is 11.6 Å². The topological polar surface area (TPSA) is 80.6 Å². The Morgan fingerprint density at radius 3 is 2.40 bits per heavy atom. The number of esters is 1. The minimum atomic E-state index is -0.631. The highest BCUT2D eigenvalue weighted by atomic mass is 16.6. The molecule has 0 aliphatic heterocycles. The van der Waals surface area contributed by atoms with E-state index in [9.17, 15) is 9.59 Å². The molecule has 35 heavy (non-hydrogen) atoms. The standard InChI is InChI=1S/C27H37N5O3/c1-18(2)32-25-22(16-28-32)21(15-23(29-25)20-12-10-9-11-19(20)3)26(34)31(14-13-30(7)8)17-24(33)35-27(4,5)6/h9-12,15-16,18H,13-14,17H2,1-8H3. The van der Waals surface area contributed by atoms with Crippen molar-refractivity contribution < 1.29 is 14.3 Å². The summed E-state index contributed by atoms with van der Waals surface area (Å²) in [5.41, 5.74) is 3.20. The van der Waals surface area contributed by atoms with E-state index >= 15 is 0 Å². The first-order valence-corrected chi connectivity index (χ1v) is 12.0. The highest BCUT2D eigenvalue weighted by Crippen LogP contribution is 2.29. The molecule has 1 amide bonds. The summed E-state index contributed by atoms with van der Waals surface area (Å²) in [6.45, 7) is 12.4. The van der Waals surface area contributed by atoms with Gasteiger partial charge in [0.2, 0.25) is 0 Å². The van der Waals surface area contributed by atoms with E-state index in [2.05, 4.69) is 5.10 Å². The minimum Gasteiger partial charge on any atom is -0.459 e. The second-order valence-electron chi connectivity index (χ2n) is 10.4. The van der Waals surface area contributed by atoms with Gasteiger partial charge in [0.25, 0.3) is 5.91 Å². The maximum atomic E-state index is 14.0. The van der Waals surface area contributed by atoms with E-state index in [1.165, 1.54) is 0 Å². The third kappa shape index (κ3) is 6.45. The Balaban J connectivity index is 2.12. The predicted octanol–water partition coefficient (Wildman–Crippen LogP) is 4.33. The van der Waals surface area contributed by atoms with Crippen LogP contribution in [0.25, 0.3) is 22.3 Å². The molecule has 0 atom stereocenters. The Bertz CT molecular complexity index is 1210. The van der Waals surface area contributed by atoms with Gasteiger partial charge in [-0.2, -0.15) is 5.10 Å². The van der Waals surface area contributed by atoms with Crippen molar-refractivity contribution in [2.45, 2.75) is 53.2 Å². The number of pyridine rings is 1. The molecule has 0 aliphatic rings. The number of carbonyl (C=O) groups is 2. The summed E-state index contributed by atoms with van der Waals surface area (Å²) in [6.07, 6.45) is 1.69. The molecule has 0 unspecified atom stereocenters. The molecule has 1 aromatic carbocycles.